The van der Waals surface area contributed by atoms with Gasteiger partial charge in [0.15, 0.2) is 16.4 Å². The predicted octanol–water partition coefficient (Wildman–Crippen LogP) is 2.10. The molecule has 9 heteroatoms. The number of rotatable bonds is 6. The Morgan fingerprint density at radius 2 is 1.80 bits per heavy atom. The second-order valence-electron chi connectivity index (χ2n) is 5.37. The Balaban J connectivity index is 1.64. The molecule has 0 amide bonds. The molecule has 0 aliphatic carbocycles. The number of aliphatic hydroxyl groups excluding tert-OH is 1. The molecule has 0 fully saturated rings. The van der Waals surface area contributed by atoms with Crippen molar-refractivity contribution in [2.45, 2.75) is 17.4 Å². The van der Waals surface area contributed by atoms with Crippen LogP contribution in [0.4, 0.5) is 8.78 Å². The lowest BCUT2D eigenvalue weighted by atomic mass is 10.1. The molecule has 2 aromatic carbocycles. The number of hydrogen-bond acceptors (Lipinski definition) is 5. The van der Waals surface area contributed by atoms with E-state index in [2.05, 4.69) is 4.72 Å². The Hall–Kier alpha value is -2.23. The van der Waals surface area contributed by atoms with Crippen molar-refractivity contribution < 1.29 is 31.8 Å². The van der Waals surface area contributed by atoms with Gasteiger partial charge in [0.05, 0.1) is 6.10 Å². The minimum atomic E-state index is -4.36. The van der Waals surface area contributed by atoms with E-state index in [1.807, 2.05) is 0 Å². The third-order valence-corrected chi connectivity index (χ3v) is 5.19. The fourth-order valence-electron chi connectivity index (χ4n) is 2.43. The molecule has 3 rings (SSSR count). The number of aliphatic hydroxyl groups is 1. The van der Waals surface area contributed by atoms with Crippen molar-refractivity contribution in [3.63, 3.8) is 0 Å². The monoisotopic (exact) mass is 371 g/mol. The van der Waals surface area contributed by atoms with Crippen LogP contribution in [-0.4, -0.2) is 26.9 Å². The molecule has 134 valence electrons. The number of ether oxygens (including phenoxy) is 2. The van der Waals surface area contributed by atoms with E-state index in [0.717, 1.165) is 18.2 Å². The number of halogens is 2. The van der Waals surface area contributed by atoms with Crippen LogP contribution in [0.2, 0.25) is 0 Å². The Bertz CT molecular complexity index is 868. The summed E-state index contributed by atoms with van der Waals surface area (Å²) in [6.45, 7) is -0.103. The molecular formula is C16H15F2NO5S. The molecule has 0 saturated carbocycles. The largest absolute Gasteiger partial charge is 0.454 e. The van der Waals surface area contributed by atoms with Crippen LogP contribution < -0.4 is 14.2 Å². The number of benzene rings is 2. The smallest absolute Gasteiger partial charge is 0.246 e. The van der Waals surface area contributed by atoms with Crippen molar-refractivity contribution in [3.05, 3.63) is 53.6 Å². The van der Waals surface area contributed by atoms with Crippen molar-refractivity contribution in [3.8, 4) is 11.5 Å². The Morgan fingerprint density at radius 1 is 1.12 bits per heavy atom. The standard InChI is InChI=1S/C16H15F2NO5S/c17-11-2-1-3-12(18)16(11)25(21,22)19-7-6-13(20)10-4-5-14-15(8-10)24-9-23-14/h1-5,8,13,19-20H,6-7,9H2. The zero-order chi connectivity index (χ0) is 18.0. The normalized spacial score (nSPS) is 14.5. The van der Waals surface area contributed by atoms with Crippen LogP contribution in [0.1, 0.15) is 18.1 Å². The summed E-state index contributed by atoms with van der Waals surface area (Å²) in [5.41, 5.74) is 0.514. The van der Waals surface area contributed by atoms with Crippen LogP contribution in [0, 0.1) is 11.6 Å². The summed E-state index contributed by atoms with van der Waals surface area (Å²) in [6, 6.07) is 7.66. The molecule has 2 N–H and O–H groups in total. The topological polar surface area (TPSA) is 84.9 Å². The highest BCUT2D eigenvalue weighted by atomic mass is 32.2. The van der Waals surface area contributed by atoms with Gasteiger partial charge in [-0.3, -0.25) is 0 Å². The van der Waals surface area contributed by atoms with Gasteiger partial charge >= 0.3 is 0 Å². The Kier molecular flexibility index (Phi) is 4.89. The van der Waals surface area contributed by atoms with Gasteiger partial charge in [-0.25, -0.2) is 21.9 Å². The van der Waals surface area contributed by atoms with Crippen LogP contribution >= 0.6 is 0 Å². The van der Waals surface area contributed by atoms with E-state index in [-0.39, 0.29) is 19.8 Å². The fraction of sp³-hybridized carbons (Fsp3) is 0.250. The van der Waals surface area contributed by atoms with Crippen LogP contribution in [0.15, 0.2) is 41.3 Å². The van der Waals surface area contributed by atoms with Gasteiger partial charge in [0.1, 0.15) is 11.6 Å². The van der Waals surface area contributed by atoms with Gasteiger partial charge in [0.2, 0.25) is 16.8 Å². The number of hydrogen-bond donors (Lipinski definition) is 2. The maximum Gasteiger partial charge on any atom is 0.246 e. The lowest BCUT2D eigenvalue weighted by Gasteiger charge is -2.13. The minimum Gasteiger partial charge on any atom is -0.454 e. The maximum absolute atomic E-state index is 13.6. The molecule has 2 aromatic rings. The highest BCUT2D eigenvalue weighted by Crippen LogP contribution is 2.34. The van der Waals surface area contributed by atoms with E-state index in [1.54, 1.807) is 18.2 Å². The van der Waals surface area contributed by atoms with E-state index in [0.29, 0.717) is 17.1 Å². The lowest BCUT2D eigenvalue weighted by Crippen LogP contribution is -2.27. The van der Waals surface area contributed by atoms with E-state index >= 15 is 0 Å². The van der Waals surface area contributed by atoms with E-state index in [1.165, 1.54) is 0 Å². The first-order valence-corrected chi connectivity index (χ1v) is 8.88. The van der Waals surface area contributed by atoms with Crippen LogP contribution in [0.5, 0.6) is 11.5 Å². The van der Waals surface area contributed by atoms with Crippen LogP contribution in [-0.2, 0) is 10.0 Å². The Morgan fingerprint density at radius 3 is 2.52 bits per heavy atom. The second-order valence-corrected chi connectivity index (χ2v) is 7.07. The average Bonchev–Trinajstić information content (AvgIpc) is 3.01. The van der Waals surface area contributed by atoms with Gasteiger partial charge in [-0.1, -0.05) is 12.1 Å². The SMILES string of the molecule is O=S(=O)(NCCC(O)c1ccc2c(c1)OCO2)c1c(F)cccc1F. The molecule has 1 heterocycles. The molecule has 1 aliphatic rings. The summed E-state index contributed by atoms with van der Waals surface area (Å²) in [5, 5.41) is 10.1. The molecule has 1 aliphatic heterocycles. The van der Waals surface area contributed by atoms with Crippen molar-refractivity contribution in [1.29, 1.82) is 0 Å². The van der Waals surface area contributed by atoms with Crippen molar-refractivity contribution in [2.75, 3.05) is 13.3 Å². The summed E-state index contributed by atoms with van der Waals surface area (Å²) < 4.78 is 63.7. The molecule has 0 bridgehead atoms. The minimum absolute atomic E-state index is 0.00887. The highest BCUT2D eigenvalue weighted by molar-refractivity contribution is 7.89. The number of sulfonamides is 1. The van der Waals surface area contributed by atoms with Crippen LogP contribution in [0.25, 0.3) is 0 Å². The van der Waals surface area contributed by atoms with E-state index < -0.39 is 32.7 Å². The highest BCUT2D eigenvalue weighted by Gasteiger charge is 2.24. The van der Waals surface area contributed by atoms with Gasteiger partial charge in [-0.05, 0) is 36.2 Å². The molecule has 0 radical (unpaired) electrons. The molecular weight excluding hydrogens is 356 g/mol. The zero-order valence-electron chi connectivity index (χ0n) is 12.9. The van der Waals surface area contributed by atoms with Crippen molar-refractivity contribution in [1.82, 2.24) is 4.72 Å². The first-order valence-electron chi connectivity index (χ1n) is 7.40. The predicted molar refractivity (Wildman–Crippen MR) is 83.7 cm³/mol. The van der Waals surface area contributed by atoms with Crippen molar-refractivity contribution >= 4 is 10.0 Å². The number of fused-ring (bicyclic) bond motifs is 1. The fourth-order valence-corrected chi connectivity index (χ4v) is 3.61. The molecule has 6 nitrogen and oxygen atoms in total. The molecule has 0 saturated heterocycles. The summed E-state index contributed by atoms with van der Waals surface area (Å²) >= 11 is 0. The van der Waals surface area contributed by atoms with E-state index in [9.17, 15) is 22.3 Å². The summed E-state index contributed by atoms with van der Waals surface area (Å²) in [5.74, 6) is -1.30. The Labute approximate surface area is 143 Å². The summed E-state index contributed by atoms with van der Waals surface area (Å²) in [6.07, 6.45) is -0.975. The van der Waals surface area contributed by atoms with Gasteiger partial charge in [-0.2, -0.15) is 0 Å². The van der Waals surface area contributed by atoms with Gasteiger partial charge in [0, 0.05) is 6.54 Å². The average molecular weight is 371 g/mol. The van der Waals surface area contributed by atoms with Gasteiger partial charge < -0.3 is 14.6 Å². The maximum atomic E-state index is 13.6. The quantitative estimate of drug-likeness (QED) is 0.812. The number of nitrogens with one attached hydrogen (secondary N) is 1. The molecule has 0 spiro atoms. The van der Waals surface area contributed by atoms with E-state index in [4.69, 9.17) is 9.47 Å². The van der Waals surface area contributed by atoms with Gasteiger partial charge in [0.25, 0.3) is 0 Å². The van der Waals surface area contributed by atoms with Crippen molar-refractivity contribution in [2.24, 2.45) is 0 Å². The third-order valence-electron chi connectivity index (χ3n) is 3.68. The molecule has 1 atom stereocenters. The van der Waals surface area contributed by atoms with Gasteiger partial charge in [-0.15, -0.1) is 0 Å². The molecule has 25 heavy (non-hydrogen) atoms. The second kappa shape index (κ2) is 6.95. The van der Waals surface area contributed by atoms with Crippen LogP contribution in [0.3, 0.4) is 0 Å². The summed E-state index contributed by atoms with van der Waals surface area (Å²) in [7, 11) is -4.36. The third kappa shape index (κ3) is 3.73. The first kappa shape index (κ1) is 17.6. The molecule has 0 aromatic heterocycles. The zero-order valence-corrected chi connectivity index (χ0v) is 13.7. The summed E-state index contributed by atoms with van der Waals surface area (Å²) in [4.78, 5) is -1.03. The first-order chi connectivity index (χ1) is 11.9. The lowest BCUT2D eigenvalue weighted by molar-refractivity contribution is 0.166. The molecule has 1 unspecified atom stereocenters.